The molecule has 1 aromatic rings. The molecule has 0 saturated carbocycles. The van der Waals surface area contributed by atoms with Gasteiger partial charge in [0.05, 0.1) is 9.94 Å². The van der Waals surface area contributed by atoms with Gasteiger partial charge < -0.3 is 10.1 Å². The molecule has 1 aromatic heterocycles. The topological polar surface area (TPSA) is 21.3 Å². The molecule has 0 bridgehead atoms. The summed E-state index contributed by atoms with van der Waals surface area (Å²) in [6, 6.07) is 5.07. The Kier molecular flexibility index (Phi) is 4.44. The first-order valence-corrected chi connectivity index (χ1v) is 9.25. The lowest BCUT2D eigenvalue weighted by atomic mass is 9.89. The standard InChI is InChI=1S/C14H20ClNOS2/c1-10(12-2-3-13(15)19-12)16-11-4-6-17-14(8-11)5-7-18-9-14/h2-3,10-11,16H,4-9H2,1H3. The van der Waals surface area contributed by atoms with Gasteiger partial charge in [0.25, 0.3) is 0 Å². The van der Waals surface area contributed by atoms with Crippen molar-refractivity contribution < 1.29 is 4.74 Å². The van der Waals surface area contributed by atoms with Crippen molar-refractivity contribution >= 4 is 34.7 Å². The lowest BCUT2D eigenvalue weighted by molar-refractivity contribution is -0.0711. The first-order valence-electron chi connectivity index (χ1n) is 6.90. The van der Waals surface area contributed by atoms with E-state index in [0.29, 0.717) is 12.1 Å². The van der Waals surface area contributed by atoms with Gasteiger partial charge in [-0.1, -0.05) is 11.6 Å². The van der Waals surface area contributed by atoms with E-state index in [4.69, 9.17) is 16.3 Å². The Morgan fingerprint density at radius 1 is 1.53 bits per heavy atom. The predicted octanol–water partition coefficient (Wildman–Crippen LogP) is 4.11. The quantitative estimate of drug-likeness (QED) is 0.906. The maximum atomic E-state index is 6.07. The van der Waals surface area contributed by atoms with Crippen LogP contribution in [0.3, 0.4) is 0 Å². The fourth-order valence-electron chi connectivity index (χ4n) is 3.03. The van der Waals surface area contributed by atoms with Gasteiger partial charge in [-0.3, -0.25) is 0 Å². The molecular formula is C14H20ClNOS2. The highest BCUT2D eigenvalue weighted by molar-refractivity contribution is 7.99. The average molecular weight is 318 g/mol. The molecular weight excluding hydrogens is 298 g/mol. The molecule has 5 heteroatoms. The summed E-state index contributed by atoms with van der Waals surface area (Å²) in [7, 11) is 0. The molecule has 2 nitrogen and oxygen atoms in total. The molecule has 3 heterocycles. The molecule has 2 saturated heterocycles. The van der Waals surface area contributed by atoms with E-state index >= 15 is 0 Å². The summed E-state index contributed by atoms with van der Waals surface area (Å²) in [6.07, 6.45) is 3.49. The highest BCUT2D eigenvalue weighted by atomic mass is 35.5. The molecule has 3 rings (SSSR count). The SMILES string of the molecule is CC(NC1CCOC2(CCSC2)C1)c1ccc(Cl)s1. The number of thioether (sulfide) groups is 1. The zero-order valence-corrected chi connectivity index (χ0v) is 13.5. The van der Waals surface area contributed by atoms with Crippen molar-refractivity contribution in [3.63, 3.8) is 0 Å². The Bertz CT molecular complexity index is 431. The monoisotopic (exact) mass is 317 g/mol. The van der Waals surface area contributed by atoms with Crippen LogP contribution in [0.4, 0.5) is 0 Å². The van der Waals surface area contributed by atoms with Gasteiger partial charge in [-0.15, -0.1) is 11.3 Å². The number of halogens is 1. The molecule has 0 amide bonds. The summed E-state index contributed by atoms with van der Waals surface area (Å²) >= 11 is 9.72. The van der Waals surface area contributed by atoms with Crippen molar-refractivity contribution in [1.82, 2.24) is 5.32 Å². The largest absolute Gasteiger partial charge is 0.374 e. The molecule has 2 aliphatic heterocycles. The number of ether oxygens (including phenoxy) is 1. The van der Waals surface area contributed by atoms with Crippen molar-refractivity contribution in [2.75, 3.05) is 18.1 Å². The van der Waals surface area contributed by atoms with E-state index in [1.165, 1.54) is 22.8 Å². The minimum Gasteiger partial charge on any atom is -0.374 e. The van der Waals surface area contributed by atoms with Crippen molar-refractivity contribution in [1.29, 1.82) is 0 Å². The van der Waals surface area contributed by atoms with Gasteiger partial charge in [0.15, 0.2) is 0 Å². The molecule has 3 atom stereocenters. The highest BCUT2D eigenvalue weighted by Crippen LogP contribution is 2.39. The van der Waals surface area contributed by atoms with Gasteiger partial charge in [0.2, 0.25) is 0 Å². The summed E-state index contributed by atoms with van der Waals surface area (Å²) in [6.45, 7) is 3.13. The number of thiophene rings is 1. The lowest BCUT2D eigenvalue weighted by Gasteiger charge is -2.39. The maximum absolute atomic E-state index is 6.07. The van der Waals surface area contributed by atoms with Crippen molar-refractivity contribution in [3.8, 4) is 0 Å². The van der Waals surface area contributed by atoms with Crippen LogP contribution in [0.1, 0.15) is 37.1 Å². The fourth-order valence-corrected chi connectivity index (χ4v) is 5.48. The zero-order valence-electron chi connectivity index (χ0n) is 11.2. The Labute approximate surface area is 128 Å². The third-order valence-electron chi connectivity index (χ3n) is 4.07. The minimum absolute atomic E-state index is 0.160. The number of hydrogen-bond donors (Lipinski definition) is 1. The molecule has 2 aliphatic rings. The first-order chi connectivity index (χ1) is 9.17. The number of hydrogen-bond acceptors (Lipinski definition) is 4. The second-order valence-corrected chi connectivity index (χ2v) is 8.41. The van der Waals surface area contributed by atoms with Crippen molar-refractivity contribution in [3.05, 3.63) is 21.3 Å². The molecule has 19 heavy (non-hydrogen) atoms. The smallest absolute Gasteiger partial charge is 0.0931 e. The van der Waals surface area contributed by atoms with E-state index in [0.717, 1.165) is 23.8 Å². The molecule has 2 fully saturated rings. The third kappa shape index (κ3) is 3.30. The van der Waals surface area contributed by atoms with Gasteiger partial charge in [-0.05, 0) is 44.1 Å². The summed E-state index contributed by atoms with van der Waals surface area (Å²) in [5.74, 6) is 2.42. The third-order valence-corrected chi connectivity index (χ3v) is 6.70. The van der Waals surface area contributed by atoms with Crippen LogP contribution in [0.25, 0.3) is 0 Å². The van der Waals surface area contributed by atoms with Crippen LogP contribution < -0.4 is 5.32 Å². The van der Waals surface area contributed by atoms with E-state index in [9.17, 15) is 0 Å². The van der Waals surface area contributed by atoms with E-state index < -0.39 is 0 Å². The van der Waals surface area contributed by atoms with Crippen LogP contribution in [0.15, 0.2) is 12.1 Å². The Morgan fingerprint density at radius 2 is 2.42 bits per heavy atom. The van der Waals surface area contributed by atoms with Gasteiger partial charge >= 0.3 is 0 Å². The fraction of sp³-hybridized carbons (Fsp3) is 0.714. The van der Waals surface area contributed by atoms with Crippen LogP contribution in [0, 0.1) is 0 Å². The van der Waals surface area contributed by atoms with E-state index in [1.807, 2.05) is 17.8 Å². The van der Waals surface area contributed by atoms with Crippen LogP contribution >= 0.6 is 34.7 Å². The lowest BCUT2D eigenvalue weighted by Crippen LogP contribution is -2.47. The van der Waals surface area contributed by atoms with Crippen LogP contribution in [-0.4, -0.2) is 29.8 Å². The number of rotatable bonds is 3. The normalized spacial score (nSPS) is 32.8. The van der Waals surface area contributed by atoms with Crippen molar-refractivity contribution in [2.24, 2.45) is 0 Å². The van der Waals surface area contributed by atoms with Gasteiger partial charge in [-0.2, -0.15) is 11.8 Å². The molecule has 1 spiro atoms. The molecule has 3 unspecified atom stereocenters. The van der Waals surface area contributed by atoms with Gasteiger partial charge in [-0.25, -0.2) is 0 Å². The number of nitrogens with one attached hydrogen (secondary N) is 1. The van der Waals surface area contributed by atoms with E-state index in [2.05, 4.69) is 18.3 Å². The molecule has 1 N–H and O–H groups in total. The molecule has 0 aromatic carbocycles. The van der Waals surface area contributed by atoms with Gasteiger partial charge in [0, 0.05) is 29.3 Å². The highest BCUT2D eigenvalue weighted by Gasteiger charge is 2.40. The van der Waals surface area contributed by atoms with Crippen LogP contribution in [0.2, 0.25) is 4.34 Å². The second kappa shape index (κ2) is 5.94. The Balaban J connectivity index is 1.60. The maximum Gasteiger partial charge on any atom is 0.0931 e. The average Bonchev–Trinajstić information content (AvgIpc) is 2.99. The van der Waals surface area contributed by atoms with Crippen molar-refractivity contribution in [2.45, 2.75) is 43.9 Å². The van der Waals surface area contributed by atoms with Crippen LogP contribution in [0.5, 0.6) is 0 Å². The first kappa shape index (κ1) is 14.2. The summed E-state index contributed by atoms with van der Waals surface area (Å²) < 4.78 is 6.94. The van der Waals surface area contributed by atoms with Crippen LogP contribution in [-0.2, 0) is 4.74 Å². The molecule has 0 radical (unpaired) electrons. The minimum atomic E-state index is 0.160. The predicted molar refractivity (Wildman–Crippen MR) is 84.5 cm³/mol. The van der Waals surface area contributed by atoms with Gasteiger partial charge in [0.1, 0.15) is 0 Å². The summed E-state index contributed by atoms with van der Waals surface area (Å²) in [4.78, 5) is 1.33. The Hall–Kier alpha value is 0.260. The van der Waals surface area contributed by atoms with E-state index in [1.54, 1.807) is 11.3 Å². The molecule has 0 aliphatic carbocycles. The summed E-state index contributed by atoms with van der Waals surface area (Å²) in [5, 5.41) is 3.76. The Morgan fingerprint density at radius 3 is 3.11 bits per heavy atom. The van der Waals surface area contributed by atoms with E-state index in [-0.39, 0.29) is 5.60 Å². The second-order valence-electron chi connectivity index (χ2n) is 5.55. The molecule has 106 valence electrons. The zero-order chi connectivity index (χ0) is 13.3. The summed E-state index contributed by atoms with van der Waals surface area (Å²) in [5.41, 5.74) is 0.160.